The number of nitrogens with one attached hydrogen (secondary N) is 1. The van der Waals surface area contributed by atoms with E-state index in [1.165, 1.54) is 19.3 Å². The van der Waals surface area contributed by atoms with Gasteiger partial charge in [-0.15, -0.1) is 0 Å². The van der Waals surface area contributed by atoms with Crippen LogP contribution in [-0.4, -0.2) is 48.9 Å². The molecule has 0 saturated heterocycles. The highest BCUT2D eigenvalue weighted by molar-refractivity contribution is 5.95. The number of aromatic amines is 1. The zero-order chi connectivity index (χ0) is 19.6. The Bertz CT molecular complexity index is 960. The number of hydrogen-bond donors (Lipinski definition) is 1. The Labute approximate surface area is 170 Å². The van der Waals surface area contributed by atoms with E-state index in [1.807, 2.05) is 39.9 Å². The van der Waals surface area contributed by atoms with Gasteiger partial charge in [0.25, 0.3) is 5.91 Å². The number of carbonyl (C=O) groups is 1. The number of benzene rings is 1. The smallest absolute Gasteiger partial charge is 0.257 e. The predicted molar refractivity (Wildman–Crippen MR) is 109 cm³/mol. The molecule has 0 spiro atoms. The zero-order valence-electron chi connectivity index (χ0n) is 16.5. The third-order valence-corrected chi connectivity index (χ3v) is 6.17. The first-order valence-corrected chi connectivity index (χ1v) is 10.6. The molecule has 3 aromatic rings. The maximum absolute atomic E-state index is 13.3. The summed E-state index contributed by atoms with van der Waals surface area (Å²) in [6, 6.07) is 10.0. The van der Waals surface area contributed by atoms with Gasteiger partial charge in [-0.25, -0.2) is 9.67 Å². The lowest BCUT2D eigenvalue weighted by Gasteiger charge is -2.24. The Hall–Kier alpha value is -2.96. The summed E-state index contributed by atoms with van der Waals surface area (Å²) in [5.41, 5.74) is 2.80. The molecule has 7 nitrogen and oxygen atoms in total. The molecule has 2 aromatic heterocycles. The average molecular weight is 390 g/mol. The third kappa shape index (κ3) is 3.57. The summed E-state index contributed by atoms with van der Waals surface area (Å²) in [6.45, 7) is 1.96. The summed E-state index contributed by atoms with van der Waals surface area (Å²) in [5.74, 6) is 2.21. The number of hydrogen-bond acceptors (Lipinski definition) is 4. The van der Waals surface area contributed by atoms with Crippen molar-refractivity contribution in [2.24, 2.45) is 0 Å². The van der Waals surface area contributed by atoms with Gasteiger partial charge in [-0.05, 0) is 12.8 Å². The number of amides is 1. The van der Waals surface area contributed by atoms with Crippen LogP contribution in [0, 0.1) is 0 Å². The molecule has 1 aliphatic carbocycles. The minimum atomic E-state index is 0.0772. The largest absolute Gasteiger partial charge is 0.336 e. The second-order valence-electron chi connectivity index (χ2n) is 8.02. The van der Waals surface area contributed by atoms with Gasteiger partial charge in [0.1, 0.15) is 5.82 Å². The number of H-pyrrole nitrogens is 1. The van der Waals surface area contributed by atoms with Gasteiger partial charge in [-0.1, -0.05) is 49.6 Å². The highest BCUT2D eigenvalue weighted by Gasteiger charge is 2.28. The van der Waals surface area contributed by atoms with Gasteiger partial charge in [-0.3, -0.25) is 9.89 Å². The molecule has 5 rings (SSSR count). The second kappa shape index (κ2) is 7.81. The maximum atomic E-state index is 13.3. The van der Waals surface area contributed by atoms with Crippen LogP contribution >= 0.6 is 0 Å². The van der Waals surface area contributed by atoms with Crippen molar-refractivity contribution in [1.29, 1.82) is 0 Å². The van der Waals surface area contributed by atoms with E-state index in [0.717, 1.165) is 41.3 Å². The lowest BCUT2D eigenvalue weighted by molar-refractivity contribution is 0.0756. The summed E-state index contributed by atoms with van der Waals surface area (Å²) >= 11 is 0. The van der Waals surface area contributed by atoms with E-state index in [-0.39, 0.29) is 5.91 Å². The van der Waals surface area contributed by atoms with Crippen LogP contribution in [0.3, 0.4) is 0 Å². The zero-order valence-corrected chi connectivity index (χ0v) is 16.5. The summed E-state index contributed by atoms with van der Waals surface area (Å²) in [5, 5.41) is 12.0. The van der Waals surface area contributed by atoms with Crippen LogP contribution in [0.2, 0.25) is 0 Å². The average Bonchev–Trinajstić information content (AvgIpc) is 3.38. The molecule has 1 aromatic carbocycles. The highest BCUT2D eigenvalue weighted by Crippen LogP contribution is 2.33. The molecule has 1 fully saturated rings. The Morgan fingerprint density at radius 2 is 1.86 bits per heavy atom. The number of carbonyl (C=O) groups excluding carboxylic acids is 1. The van der Waals surface area contributed by atoms with Crippen LogP contribution < -0.4 is 0 Å². The fraction of sp³-hybridized carbons (Fsp3) is 0.455. The predicted octanol–water partition coefficient (Wildman–Crippen LogP) is 3.41. The van der Waals surface area contributed by atoms with Crippen LogP contribution in [0.4, 0.5) is 0 Å². The topological polar surface area (TPSA) is 79.7 Å². The minimum Gasteiger partial charge on any atom is -0.336 e. The molecule has 0 radical (unpaired) electrons. The van der Waals surface area contributed by atoms with Crippen molar-refractivity contribution in [2.75, 3.05) is 13.1 Å². The Morgan fingerprint density at radius 3 is 2.69 bits per heavy atom. The van der Waals surface area contributed by atoms with Gasteiger partial charge in [0.15, 0.2) is 5.82 Å². The summed E-state index contributed by atoms with van der Waals surface area (Å²) < 4.78 is 1.95. The van der Waals surface area contributed by atoms with E-state index >= 15 is 0 Å². The molecule has 1 saturated carbocycles. The third-order valence-electron chi connectivity index (χ3n) is 6.17. The van der Waals surface area contributed by atoms with Crippen molar-refractivity contribution in [2.45, 2.75) is 51.0 Å². The Balaban J connectivity index is 1.31. The molecule has 3 heterocycles. The Morgan fingerprint density at radius 1 is 1.03 bits per heavy atom. The molecule has 150 valence electrons. The molecular weight excluding hydrogens is 364 g/mol. The van der Waals surface area contributed by atoms with Crippen molar-refractivity contribution in [1.82, 2.24) is 29.9 Å². The fourth-order valence-corrected chi connectivity index (χ4v) is 4.55. The monoisotopic (exact) mass is 390 g/mol. The molecule has 1 N–H and O–H groups in total. The second-order valence-corrected chi connectivity index (χ2v) is 8.02. The first-order chi connectivity index (χ1) is 14.3. The summed E-state index contributed by atoms with van der Waals surface area (Å²) in [4.78, 5) is 19.9. The summed E-state index contributed by atoms with van der Waals surface area (Å²) in [6.07, 6.45) is 8.47. The SMILES string of the molecule is O=C(c1cn[nH]c1C1CCCCC1)N1CCc2nc(-c3ccccc3)nn2CC1. The van der Waals surface area contributed by atoms with Crippen molar-refractivity contribution < 1.29 is 4.79 Å². The lowest BCUT2D eigenvalue weighted by atomic mass is 9.85. The molecule has 2 aliphatic rings. The highest BCUT2D eigenvalue weighted by atomic mass is 16.2. The van der Waals surface area contributed by atoms with Crippen LogP contribution in [-0.2, 0) is 13.0 Å². The molecule has 1 amide bonds. The number of rotatable bonds is 3. The maximum Gasteiger partial charge on any atom is 0.257 e. The summed E-state index contributed by atoms with van der Waals surface area (Å²) in [7, 11) is 0. The first-order valence-electron chi connectivity index (χ1n) is 10.6. The van der Waals surface area contributed by atoms with Gasteiger partial charge < -0.3 is 4.90 Å². The van der Waals surface area contributed by atoms with E-state index in [1.54, 1.807) is 6.20 Å². The normalized spacial score (nSPS) is 17.7. The van der Waals surface area contributed by atoms with E-state index < -0.39 is 0 Å². The van der Waals surface area contributed by atoms with Crippen LogP contribution in [0.25, 0.3) is 11.4 Å². The first kappa shape index (κ1) is 18.1. The number of nitrogens with zero attached hydrogens (tertiary/aromatic N) is 5. The van der Waals surface area contributed by atoms with Crippen LogP contribution in [0.1, 0.15) is 59.9 Å². The van der Waals surface area contributed by atoms with Gasteiger partial charge in [0, 0.05) is 31.0 Å². The van der Waals surface area contributed by atoms with E-state index in [2.05, 4.69) is 15.3 Å². The van der Waals surface area contributed by atoms with Gasteiger partial charge in [-0.2, -0.15) is 10.2 Å². The minimum absolute atomic E-state index is 0.0772. The van der Waals surface area contributed by atoms with E-state index in [9.17, 15) is 4.79 Å². The van der Waals surface area contributed by atoms with Crippen molar-refractivity contribution in [3.05, 3.63) is 53.6 Å². The fourth-order valence-electron chi connectivity index (χ4n) is 4.55. The number of aromatic nitrogens is 5. The molecule has 1 aliphatic heterocycles. The molecule has 0 unspecified atom stereocenters. The molecule has 0 atom stereocenters. The molecule has 0 bridgehead atoms. The van der Waals surface area contributed by atoms with E-state index in [4.69, 9.17) is 4.98 Å². The number of fused-ring (bicyclic) bond motifs is 1. The van der Waals surface area contributed by atoms with Gasteiger partial charge in [0.05, 0.1) is 24.0 Å². The Kier molecular flexibility index (Phi) is 4.87. The van der Waals surface area contributed by atoms with Crippen molar-refractivity contribution in [3.8, 4) is 11.4 Å². The molecular formula is C22H26N6O. The van der Waals surface area contributed by atoms with Crippen LogP contribution in [0.15, 0.2) is 36.5 Å². The molecule has 29 heavy (non-hydrogen) atoms. The molecule has 7 heteroatoms. The standard InChI is InChI=1S/C22H26N6O/c29-22(18-15-23-25-20(18)16-7-3-1-4-8-16)27-12-11-19-24-21(26-28(19)14-13-27)17-9-5-2-6-10-17/h2,5-6,9-10,15-16H,1,3-4,7-8,11-14H2,(H,23,25). The van der Waals surface area contributed by atoms with Crippen LogP contribution in [0.5, 0.6) is 0 Å². The quantitative estimate of drug-likeness (QED) is 0.743. The van der Waals surface area contributed by atoms with E-state index in [0.29, 0.717) is 32.0 Å². The van der Waals surface area contributed by atoms with Gasteiger partial charge in [0.2, 0.25) is 0 Å². The van der Waals surface area contributed by atoms with Gasteiger partial charge >= 0.3 is 0 Å². The van der Waals surface area contributed by atoms with Crippen molar-refractivity contribution in [3.63, 3.8) is 0 Å². The lowest BCUT2D eigenvalue weighted by Crippen LogP contribution is -2.34. The van der Waals surface area contributed by atoms with Crippen molar-refractivity contribution >= 4 is 5.91 Å².